The molecule has 0 amide bonds. The summed E-state index contributed by atoms with van der Waals surface area (Å²) in [6, 6.07) is 23.3. The second-order valence-electron chi connectivity index (χ2n) is 6.15. The molecule has 2 aromatic heterocycles. The molecule has 5 aromatic rings. The van der Waals surface area contributed by atoms with Crippen LogP contribution in [0, 0.1) is 11.3 Å². The largest absolute Gasteiger partial charge is 0.419 e. The summed E-state index contributed by atoms with van der Waals surface area (Å²) in [5.74, 6) is 0. The van der Waals surface area contributed by atoms with Crippen molar-refractivity contribution in [1.82, 2.24) is 4.98 Å². The number of H-pyrrole nitrogens is 1. The van der Waals surface area contributed by atoms with Gasteiger partial charge in [-0.15, -0.1) is 0 Å². The molecule has 0 fully saturated rings. The molecule has 4 nitrogen and oxygen atoms in total. The number of nitriles is 1. The second kappa shape index (κ2) is 5.33. The molecule has 3 aromatic carbocycles. The third kappa shape index (κ3) is 1.92. The second-order valence-corrected chi connectivity index (χ2v) is 6.15. The van der Waals surface area contributed by atoms with Crippen LogP contribution < -0.4 is 5.63 Å². The maximum Gasteiger partial charge on any atom is 0.355 e. The van der Waals surface area contributed by atoms with Gasteiger partial charge in [0.2, 0.25) is 0 Å². The maximum atomic E-state index is 12.5. The highest BCUT2D eigenvalue weighted by Crippen LogP contribution is 2.36. The van der Waals surface area contributed by atoms with E-state index in [0.717, 1.165) is 32.8 Å². The Bertz CT molecular complexity index is 1400. The minimum Gasteiger partial charge on any atom is -0.419 e. The highest BCUT2D eigenvalue weighted by atomic mass is 16.4. The number of nitrogens with one attached hydrogen (secondary N) is 1. The Kier molecular flexibility index (Phi) is 2.97. The van der Waals surface area contributed by atoms with Gasteiger partial charge in [-0.3, -0.25) is 0 Å². The number of aromatic nitrogens is 1. The van der Waals surface area contributed by atoms with E-state index in [2.05, 4.69) is 4.98 Å². The molecule has 1 N–H and O–H groups in total. The molecule has 122 valence electrons. The molecule has 0 atom stereocenters. The van der Waals surface area contributed by atoms with Crippen LogP contribution in [-0.2, 0) is 0 Å². The van der Waals surface area contributed by atoms with Crippen LogP contribution in [0.5, 0.6) is 0 Å². The Labute approximate surface area is 147 Å². The van der Waals surface area contributed by atoms with Crippen LogP contribution in [0.25, 0.3) is 43.9 Å². The first-order chi connectivity index (χ1) is 12.8. The number of rotatable bonds is 1. The maximum absolute atomic E-state index is 12.5. The van der Waals surface area contributed by atoms with Crippen molar-refractivity contribution in [2.45, 2.75) is 0 Å². The van der Waals surface area contributed by atoms with E-state index in [0.29, 0.717) is 11.1 Å². The van der Waals surface area contributed by atoms with Crippen molar-refractivity contribution in [3.05, 3.63) is 82.7 Å². The molecule has 5 rings (SSSR count). The topological polar surface area (TPSA) is 69.8 Å². The normalized spacial score (nSPS) is 11.2. The first kappa shape index (κ1) is 14.5. The van der Waals surface area contributed by atoms with Crippen LogP contribution in [0.3, 0.4) is 0 Å². The summed E-state index contributed by atoms with van der Waals surface area (Å²) in [5.41, 5.74) is 3.05. The van der Waals surface area contributed by atoms with Crippen molar-refractivity contribution in [3.8, 4) is 17.2 Å². The van der Waals surface area contributed by atoms with E-state index in [-0.39, 0.29) is 5.56 Å². The molecule has 0 saturated carbocycles. The van der Waals surface area contributed by atoms with E-state index in [4.69, 9.17) is 4.42 Å². The third-order valence-electron chi connectivity index (χ3n) is 4.73. The van der Waals surface area contributed by atoms with Crippen molar-refractivity contribution in [3.63, 3.8) is 0 Å². The molecule has 0 aliphatic rings. The average Bonchev–Trinajstić information content (AvgIpc) is 3.07. The number of hydrogen-bond donors (Lipinski definition) is 1. The fourth-order valence-electron chi connectivity index (χ4n) is 3.58. The van der Waals surface area contributed by atoms with Crippen LogP contribution in [0.4, 0.5) is 0 Å². The Morgan fingerprint density at radius 1 is 0.846 bits per heavy atom. The molecule has 2 heterocycles. The van der Waals surface area contributed by atoms with Gasteiger partial charge < -0.3 is 9.40 Å². The molecule has 0 spiro atoms. The number of fused-ring (bicyclic) bond motifs is 5. The van der Waals surface area contributed by atoms with Crippen molar-refractivity contribution >= 4 is 32.8 Å². The molecule has 4 heteroatoms. The Morgan fingerprint density at radius 3 is 2.38 bits per heavy atom. The zero-order valence-electron chi connectivity index (χ0n) is 13.6. The van der Waals surface area contributed by atoms with Gasteiger partial charge in [-0.25, -0.2) is 4.79 Å². The summed E-state index contributed by atoms with van der Waals surface area (Å²) in [4.78, 5) is 15.9. The average molecular weight is 336 g/mol. The predicted octanol–water partition coefficient (Wildman–Crippen LogP) is 4.97. The fraction of sp³-hybridized carbons (Fsp3) is 0. The van der Waals surface area contributed by atoms with Gasteiger partial charge in [-0.05, 0) is 17.7 Å². The van der Waals surface area contributed by atoms with Crippen molar-refractivity contribution in [2.24, 2.45) is 0 Å². The summed E-state index contributed by atoms with van der Waals surface area (Å²) in [5, 5.41) is 12.3. The lowest BCUT2D eigenvalue weighted by molar-refractivity contribution is 0.561. The van der Waals surface area contributed by atoms with E-state index in [1.165, 1.54) is 0 Å². The molecule has 0 unspecified atom stereocenters. The minimum atomic E-state index is -0.620. The molecule has 0 aliphatic heterocycles. The fourth-order valence-corrected chi connectivity index (χ4v) is 3.58. The lowest BCUT2D eigenvalue weighted by Crippen LogP contribution is -2.07. The van der Waals surface area contributed by atoms with E-state index >= 15 is 0 Å². The molecular weight excluding hydrogens is 324 g/mol. The number of benzene rings is 3. The van der Waals surface area contributed by atoms with Crippen LogP contribution >= 0.6 is 0 Å². The Balaban J connectivity index is 2.02. The highest BCUT2D eigenvalue weighted by molar-refractivity contribution is 6.17. The molecular formula is C22H12N2O2. The zero-order valence-corrected chi connectivity index (χ0v) is 13.6. The predicted molar refractivity (Wildman–Crippen MR) is 102 cm³/mol. The zero-order chi connectivity index (χ0) is 17.7. The Hall–Kier alpha value is -3.84. The lowest BCUT2D eigenvalue weighted by atomic mass is 9.97. The van der Waals surface area contributed by atoms with Crippen LogP contribution in [0.1, 0.15) is 5.56 Å². The summed E-state index contributed by atoms with van der Waals surface area (Å²) in [6.07, 6.45) is 0. The summed E-state index contributed by atoms with van der Waals surface area (Å²) in [6.45, 7) is 0. The number of para-hydroxylation sites is 1. The van der Waals surface area contributed by atoms with E-state index in [9.17, 15) is 10.1 Å². The summed E-state index contributed by atoms with van der Waals surface area (Å²) >= 11 is 0. The molecule has 0 saturated heterocycles. The number of aromatic amines is 1. The van der Waals surface area contributed by atoms with Gasteiger partial charge in [0.25, 0.3) is 0 Å². The van der Waals surface area contributed by atoms with Gasteiger partial charge >= 0.3 is 5.63 Å². The van der Waals surface area contributed by atoms with Crippen molar-refractivity contribution in [1.29, 1.82) is 5.26 Å². The quantitative estimate of drug-likeness (QED) is 0.440. The molecule has 26 heavy (non-hydrogen) atoms. The molecule has 0 radical (unpaired) electrons. The summed E-state index contributed by atoms with van der Waals surface area (Å²) in [7, 11) is 0. The van der Waals surface area contributed by atoms with Gasteiger partial charge in [0.05, 0.1) is 5.52 Å². The Morgan fingerprint density at radius 2 is 1.58 bits per heavy atom. The van der Waals surface area contributed by atoms with Gasteiger partial charge in [-0.1, -0.05) is 54.6 Å². The van der Waals surface area contributed by atoms with E-state index < -0.39 is 5.63 Å². The van der Waals surface area contributed by atoms with Gasteiger partial charge in [-0.2, -0.15) is 5.26 Å². The SMILES string of the molecule is N#Cc1c(-c2ccccc2)c2ccc3c4ccccc4[nH]c3c2oc1=O. The lowest BCUT2D eigenvalue weighted by Gasteiger charge is -2.08. The van der Waals surface area contributed by atoms with Crippen LogP contribution in [0.15, 0.2) is 75.9 Å². The standard InChI is InChI=1S/C22H12N2O2/c23-12-17-19(13-6-2-1-3-7-13)16-11-10-15-14-8-4-5-9-18(14)24-20(15)21(16)26-22(17)25/h1-11,24H. The molecule has 0 aliphatic carbocycles. The van der Waals surface area contributed by atoms with Crippen LogP contribution in [-0.4, -0.2) is 4.98 Å². The third-order valence-corrected chi connectivity index (χ3v) is 4.73. The summed E-state index contributed by atoms with van der Waals surface area (Å²) < 4.78 is 5.58. The number of hydrogen-bond acceptors (Lipinski definition) is 3. The van der Waals surface area contributed by atoms with Crippen molar-refractivity contribution in [2.75, 3.05) is 0 Å². The van der Waals surface area contributed by atoms with E-state index in [1.807, 2.05) is 72.8 Å². The first-order valence-electron chi connectivity index (χ1n) is 8.23. The first-order valence-corrected chi connectivity index (χ1v) is 8.23. The smallest absolute Gasteiger partial charge is 0.355 e. The van der Waals surface area contributed by atoms with Gasteiger partial charge in [0.15, 0.2) is 5.58 Å². The highest BCUT2D eigenvalue weighted by Gasteiger charge is 2.19. The van der Waals surface area contributed by atoms with Gasteiger partial charge in [0, 0.05) is 27.2 Å². The van der Waals surface area contributed by atoms with Gasteiger partial charge in [0.1, 0.15) is 11.6 Å². The monoisotopic (exact) mass is 336 g/mol. The molecule has 0 bridgehead atoms. The number of nitrogens with zero attached hydrogens (tertiary/aromatic N) is 1. The van der Waals surface area contributed by atoms with Crippen LogP contribution in [0.2, 0.25) is 0 Å². The minimum absolute atomic E-state index is 0.0270. The van der Waals surface area contributed by atoms with E-state index in [1.54, 1.807) is 0 Å². The van der Waals surface area contributed by atoms with Crippen molar-refractivity contribution < 1.29 is 4.42 Å².